The summed E-state index contributed by atoms with van der Waals surface area (Å²) in [6.45, 7) is 8.08. The lowest BCUT2D eigenvalue weighted by atomic mass is 10.1. The lowest BCUT2D eigenvalue weighted by Gasteiger charge is -2.39. The van der Waals surface area contributed by atoms with Crippen LogP contribution in [0.25, 0.3) is 16.8 Å². The number of nitrogens with zero attached hydrogens (tertiary/aromatic N) is 6. The third-order valence-corrected chi connectivity index (χ3v) is 5.62. The van der Waals surface area contributed by atoms with Crippen molar-refractivity contribution in [1.82, 2.24) is 29.5 Å². The fourth-order valence-corrected chi connectivity index (χ4v) is 4.22. The Bertz CT molecular complexity index is 932. The summed E-state index contributed by atoms with van der Waals surface area (Å²) in [5.74, 6) is 0. The molecular weight excluding hydrogens is 366 g/mol. The summed E-state index contributed by atoms with van der Waals surface area (Å²) in [7, 11) is 0. The summed E-state index contributed by atoms with van der Waals surface area (Å²) in [5, 5.41) is 12.0. The Labute approximate surface area is 164 Å². The molecule has 3 aromatic heterocycles. The zero-order chi connectivity index (χ0) is 17.7. The highest BCUT2D eigenvalue weighted by Gasteiger charge is 2.27. The minimum atomic E-state index is 0. The lowest BCUT2D eigenvalue weighted by Crippen LogP contribution is -2.54. The molecule has 5 rings (SSSR count). The van der Waals surface area contributed by atoms with Gasteiger partial charge < -0.3 is 19.5 Å². The van der Waals surface area contributed by atoms with Crippen molar-refractivity contribution in [2.45, 2.75) is 51.4 Å². The fourth-order valence-electron chi connectivity index (χ4n) is 4.22. The highest BCUT2D eigenvalue weighted by molar-refractivity contribution is 5.90. The van der Waals surface area contributed by atoms with Gasteiger partial charge in [-0.3, -0.25) is 4.40 Å². The maximum atomic E-state index is 5.84. The van der Waals surface area contributed by atoms with Crippen LogP contribution in [-0.4, -0.2) is 62.0 Å². The molecule has 2 saturated heterocycles. The Balaban J connectivity index is 0.00000180. The first-order valence-corrected chi connectivity index (χ1v) is 9.50. The number of imidazole rings is 1. The standard InChI is InChI=1S/C18H25N7O.ClH/c1-12-8-24(13(2)7-19-12)15-6-16-22-21-11-25(16)18-17(15)20-10-23(18)9-14-4-3-5-26-14;/h6,10-14,19H,3-5,7-9H2,1-2H3;1H/t12-,13+,14+;/m1./s1. The topological polar surface area (TPSA) is 72.5 Å². The molecule has 2 aliphatic rings. The van der Waals surface area contributed by atoms with Gasteiger partial charge in [0.25, 0.3) is 0 Å². The molecule has 0 aliphatic carbocycles. The summed E-state index contributed by atoms with van der Waals surface area (Å²) in [5.41, 5.74) is 4.07. The first-order valence-electron chi connectivity index (χ1n) is 9.50. The van der Waals surface area contributed by atoms with E-state index in [9.17, 15) is 0 Å². The maximum Gasteiger partial charge on any atom is 0.164 e. The summed E-state index contributed by atoms with van der Waals surface area (Å²) in [4.78, 5) is 7.24. The Morgan fingerprint density at radius 2 is 2.19 bits per heavy atom. The third kappa shape index (κ3) is 3.15. The van der Waals surface area contributed by atoms with E-state index in [1.165, 1.54) is 0 Å². The fraction of sp³-hybridized carbons (Fsp3) is 0.611. The van der Waals surface area contributed by atoms with E-state index in [1.54, 1.807) is 6.33 Å². The molecule has 0 spiro atoms. The monoisotopic (exact) mass is 391 g/mol. The van der Waals surface area contributed by atoms with E-state index in [2.05, 4.69) is 44.9 Å². The first kappa shape index (κ1) is 18.5. The Morgan fingerprint density at radius 3 is 3.00 bits per heavy atom. The molecule has 27 heavy (non-hydrogen) atoms. The van der Waals surface area contributed by atoms with Crippen molar-refractivity contribution in [2.24, 2.45) is 0 Å². The van der Waals surface area contributed by atoms with Gasteiger partial charge in [-0.1, -0.05) is 0 Å². The van der Waals surface area contributed by atoms with Crippen LogP contribution in [0.15, 0.2) is 18.7 Å². The van der Waals surface area contributed by atoms with Crippen LogP contribution in [0, 0.1) is 0 Å². The minimum Gasteiger partial charge on any atom is -0.376 e. The Morgan fingerprint density at radius 1 is 1.30 bits per heavy atom. The Kier molecular flexibility index (Phi) is 4.96. The number of rotatable bonds is 3. The molecule has 146 valence electrons. The van der Waals surface area contributed by atoms with Gasteiger partial charge in [0.1, 0.15) is 17.5 Å². The molecule has 0 aromatic carbocycles. The van der Waals surface area contributed by atoms with Crippen molar-refractivity contribution in [1.29, 1.82) is 0 Å². The van der Waals surface area contributed by atoms with Crippen molar-refractivity contribution < 1.29 is 4.74 Å². The normalized spacial score (nSPS) is 26.0. The van der Waals surface area contributed by atoms with Gasteiger partial charge in [-0.25, -0.2) is 4.98 Å². The number of nitrogens with one attached hydrogen (secondary N) is 1. The van der Waals surface area contributed by atoms with Crippen LogP contribution in [0.2, 0.25) is 0 Å². The summed E-state index contributed by atoms with van der Waals surface area (Å²) in [6, 6.07) is 2.97. The summed E-state index contributed by atoms with van der Waals surface area (Å²) >= 11 is 0. The Hall–Kier alpha value is -1.90. The second-order valence-electron chi connectivity index (χ2n) is 7.60. The minimum absolute atomic E-state index is 0. The quantitative estimate of drug-likeness (QED) is 0.734. The second kappa shape index (κ2) is 7.26. The molecule has 9 heteroatoms. The molecule has 2 aliphatic heterocycles. The number of fused-ring (bicyclic) bond motifs is 3. The van der Waals surface area contributed by atoms with Crippen LogP contribution in [-0.2, 0) is 11.3 Å². The van der Waals surface area contributed by atoms with Gasteiger partial charge >= 0.3 is 0 Å². The average Bonchev–Trinajstić information content (AvgIpc) is 3.37. The maximum absolute atomic E-state index is 5.84. The number of pyridine rings is 1. The van der Waals surface area contributed by atoms with Crippen LogP contribution in [0.3, 0.4) is 0 Å². The average molecular weight is 392 g/mol. The third-order valence-electron chi connectivity index (χ3n) is 5.62. The van der Waals surface area contributed by atoms with E-state index in [-0.39, 0.29) is 18.5 Å². The van der Waals surface area contributed by atoms with E-state index in [4.69, 9.17) is 9.72 Å². The zero-order valence-electron chi connectivity index (χ0n) is 15.7. The molecule has 2 fully saturated rings. The highest BCUT2D eigenvalue weighted by Crippen LogP contribution is 2.30. The zero-order valence-corrected chi connectivity index (χ0v) is 16.5. The molecule has 3 atom stereocenters. The number of hydrogen-bond acceptors (Lipinski definition) is 6. The lowest BCUT2D eigenvalue weighted by molar-refractivity contribution is 0.0977. The van der Waals surface area contributed by atoms with Gasteiger partial charge in [-0.15, -0.1) is 22.6 Å². The first-order chi connectivity index (χ1) is 12.7. The summed E-state index contributed by atoms with van der Waals surface area (Å²) in [6.07, 6.45) is 6.23. The van der Waals surface area contributed by atoms with Crippen LogP contribution < -0.4 is 10.2 Å². The predicted octanol–water partition coefficient (Wildman–Crippen LogP) is 1.87. The van der Waals surface area contributed by atoms with E-state index in [1.807, 2.05) is 10.7 Å². The smallest absolute Gasteiger partial charge is 0.164 e. The highest BCUT2D eigenvalue weighted by atomic mass is 35.5. The second-order valence-corrected chi connectivity index (χ2v) is 7.60. The largest absolute Gasteiger partial charge is 0.376 e. The summed E-state index contributed by atoms with van der Waals surface area (Å²) < 4.78 is 10.1. The van der Waals surface area contributed by atoms with Gasteiger partial charge in [0.15, 0.2) is 5.65 Å². The predicted molar refractivity (Wildman–Crippen MR) is 107 cm³/mol. The van der Waals surface area contributed by atoms with Gasteiger partial charge in [0.2, 0.25) is 0 Å². The SMILES string of the molecule is C[C@@H]1CN(c2cc3nncn3c3c2ncn3C[C@@H]2CCCO2)[C@@H](C)CN1.Cl. The van der Waals surface area contributed by atoms with Crippen molar-refractivity contribution in [3.8, 4) is 0 Å². The number of hydrogen-bond donors (Lipinski definition) is 1. The molecule has 0 radical (unpaired) electrons. The van der Waals surface area contributed by atoms with E-state index in [0.29, 0.717) is 12.1 Å². The molecule has 0 amide bonds. The van der Waals surface area contributed by atoms with E-state index < -0.39 is 0 Å². The van der Waals surface area contributed by atoms with Gasteiger partial charge in [-0.2, -0.15) is 0 Å². The molecule has 5 heterocycles. The van der Waals surface area contributed by atoms with Crippen molar-refractivity contribution in [3.63, 3.8) is 0 Å². The number of anilines is 1. The molecule has 1 N–H and O–H groups in total. The van der Waals surface area contributed by atoms with Gasteiger partial charge in [0.05, 0.1) is 24.7 Å². The van der Waals surface area contributed by atoms with E-state index in [0.717, 1.165) is 61.6 Å². The van der Waals surface area contributed by atoms with Gasteiger partial charge in [0, 0.05) is 37.8 Å². The molecule has 0 saturated carbocycles. The van der Waals surface area contributed by atoms with Crippen molar-refractivity contribution in [3.05, 3.63) is 18.7 Å². The van der Waals surface area contributed by atoms with Crippen LogP contribution in [0.4, 0.5) is 5.69 Å². The molecule has 8 nitrogen and oxygen atoms in total. The van der Waals surface area contributed by atoms with Gasteiger partial charge in [-0.05, 0) is 26.7 Å². The molecular formula is C18H26ClN7O. The van der Waals surface area contributed by atoms with Crippen LogP contribution in [0.5, 0.6) is 0 Å². The van der Waals surface area contributed by atoms with Crippen molar-refractivity contribution in [2.75, 3.05) is 24.6 Å². The number of piperazine rings is 1. The number of ether oxygens (including phenoxy) is 1. The molecule has 0 bridgehead atoms. The number of aromatic nitrogens is 5. The van der Waals surface area contributed by atoms with E-state index >= 15 is 0 Å². The van der Waals surface area contributed by atoms with Crippen molar-refractivity contribution >= 4 is 34.9 Å². The van der Waals surface area contributed by atoms with Crippen LogP contribution >= 0.6 is 12.4 Å². The van der Waals surface area contributed by atoms with Crippen LogP contribution in [0.1, 0.15) is 26.7 Å². The molecule has 3 aromatic rings. The number of halogens is 1. The molecule has 0 unspecified atom stereocenters.